The van der Waals surface area contributed by atoms with Gasteiger partial charge in [-0.15, -0.1) is 0 Å². The number of nitrogens with two attached hydrogens (primary N) is 1. The van der Waals surface area contributed by atoms with E-state index in [1.807, 2.05) is 26.0 Å². The van der Waals surface area contributed by atoms with Crippen LogP contribution in [0, 0.1) is 30.6 Å². The monoisotopic (exact) mass is 1420 g/mol. The fourth-order valence-corrected chi connectivity index (χ4v) is 14.6. The number of likely N-dealkylation sites (N-methyl/N-ethyl adjacent to an activating group) is 1. The van der Waals surface area contributed by atoms with Gasteiger partial charge >= 0.3 is 18.0 Å². The minimum absolute atomic E-state index is 0.00508. The number of esters is 2. The summed E-state index contributed by atoms with van der Waals surface area (Å²) in [7, 11) is 0.114. The summed E-state index contributed by atoms with van der Waals surface area (Å²) >= 11 is 13.6. The minimum Gasteiger partial charge on any atom is -0.462 e. The molecule has 4 bridgehead atoms. The second-order valence-electron chi connectivity index (χ2n) is 25.0. The number of urea groups is 1. The second kappa shape index (κ2) is 33.5. The maximum atomic E-state index is 14.5. The number of halogens is 3. The lowest BCUT2D eigenvalue weighted by molar-refractivity contribution is -0.187. The summed E-state index contributed by atoms with van der Waals surface area (Å²) in [6, 6.07) is 4.04. The Kier molecular flexibility index (Phi) is 28.0. The molecule has 10 atom stereocenters. The largest absolute Gasteiger partial charge is 0.462 e. The predicted octanol–water partition coefficient (Wildman–Crippen LogP) is 8.37. The highest BCUT2D eigenvalue weighted by Crippen LogP contribution is 2.50. The van der Waals surface area contributed by atoms with Crippen molar-refractivity contribution in [1.82, 2.24) is 15.5 Å². The van der Waals surface area contributed by atoms with Gasteiger partial charge in [-0.3, -0.25) is 33.6 Å². The molecular weight excluding hydrogens is 1330 g/mol. The van der Waals surface area contributed by atoms with Crippen LogP contribution in [0.5, 0.6) is 0 Å². The summed E-state index contributed by atoms with van der Waals surface area (Å²) in [5.74, 6) is -5.90. The highest BCUT2D eigenvalue weighted by atomic mass is 79.9. The molecule has 25 heteroatoms. The Morgan fingerprint density at radius 1 is 0.978 bits per heavy atom. The minimum atomic E-state index is -4.18. The number of aliphatic hydroxyl groups is 1. The Labute approximate surface area is 551 Å². The molecule has 90 heavy (non-hydrogen) atoms. The molecule has 3 aliphatic heterocycles. The summed E-state index contributed by atoms with van der Waals surface area (Å²) in [6.07, 6.45) is 4.97. The third-order valence-corrected chi connectivity index (χ3v) is 20.7. The molecule has 2 fully saturated rings. The number of sulfone groups is 1. The number of hydrogen-bond acceptors (Lipinski definition) is 16. The quantitative estimate of drug-likeness (QED) is 0.0269. The number of allylic oxidation sites excluding steroid dienone is 3. The number of rotatable bonds is 28. The number of carbonyl (C=O) groups excluding carboxylic acids is 9. The summed E-state index contributed by atoms with van der Waals surface area (Å²) in [4.78, 5) is 124. The van der Waals surface area contributed by atoms with Crippen molar-refractivity contribution < 1.29 is 75.6 Å². The Bertz CT molecular complexity index is 3160. The average molecular weight is 1420 g/mol. The molecule has 5 N–H and O–H groups in total. The van der Waals surface area contributed by atoms with Crippen LogP contribution < -0.4 is 21.3 Å². The number of ketones is 3. The van der Waals surface area contributed by atoms with Crippen LogP contribution in [0.1, 0.15) is 146 Å². The molecule has 21 nitrogen and oxygen atoms in total. The molecule has 0 aromatic heterocycles. The van der Waals surface area contributed by atoms with Crippen molar-refractivity contribution in [3.8, 4) is 0 Å². The number of benzene rings is 2. The van der Waals surface area contributed by atoms with Crippen LogP contribution in [0.25, 0.3) is 0 Å². The number of fused-ring (bicyclic) bond motifs is 5. The van der Waals surface area contributed by atoms with Crippen molar-refractivity contribution in [1.29, 1.82) is 0 Å². The number of methoxy groups -OCH3 is 1. The van der Waals surface area contributed by atoms with E-state index in [9.17, 15) is 56.7 Å². The number of epoxide rings is 1. The first-order valence-corrected chi connectivity index (χ1v) is 35.1. The number of carbonyl (C=O) groups is 9. The molecule has 2 saturated heterocycles. The van der Waals surface area contributed by atoms with Crippen LogP contribution in [0.15, 0.2) is 59.0 Å². The van der Waals surface area contributed by atoms with E-state index in [1.165, 1.54) is 38.1 Å². The third kappa shape index (κ3) is 20.3. The topological polar surface area (TPSA) is 305 Å². The number of unbranched alkanes of at least 4 members (excludes halogenated alkanes) is 3. The molecule has 0 aliphatic carbocycles. The first kappa shape index (κ1) is 75.4. The number of hydrogen-bond donors (Lipinski definition) is 4. The summed E-state index contributed by atoms with van der Waals surface area (Å²) in [5.41, 5.74) is 4.91. The maximum absolute atomic E-state index is 14.5. The highest BCUT2D eigenvalue weighted by Gasteiger charge is 2.64. The van der Waals surface area contributed by atoms with Gasteiger partial charge < -0.3 is 50.2 Å². The van der Waals surface area contributed by atoms with Crippen LogP contribution in [0.3, 0.4) is 0 Å². The number of nitrogens with zero attached hydrogens (tertiary/aromatic N) is 2. The molecule has 0 saturated carbocycles. The predicted molar refractivity (Wildman–Crippen MR) is 348 cm³/mol. The van der Waals surface area contributed by atoms with Gasteiger partial charge in [-0.25, -0.2) is 18.0 Å². The van der Waals surface area contributed by atoms with Gasteiger partial charge in [-0.1, -0.05) is 113 Å². The van der Waals surface area contributed by atoms with E-state index >= 15 is 0 Å². The third-order valence-electron chi connectivity index (χ3n) is 17.5. The lowest BCUT2D eigenvalue weighted by Crippen LogP contribution is -2.53. The zero-order chi connectivity index (χ0) is 67.2. The number of aryl methyl sites for hydroxylation is 1. The molecule has 5 amide bonds. The van der Waals surface area contributed by atoms with Gasteiger partial charge in [0.25, 0.3) is 5.91 Å². The van der Waals surface area contributed by atoms with Gasteiger partial charge in [0.05, 0.1) is 40.6 Å². The highest BCUT2D eigenvalue weighted by molar-refractivity contribution is 9.09. The lowest BCUT2D eigenvalue weighted by Gasteiger charge is -2.41. The number of alkyl halides is 2. The van der Waals surface area contributed by atoms with Crippen LogP contribution >= 0.6 is 43.5 Å². The van der Waals surface area contributed by atoms with Crippen molar-refractivity contribution in [2.45, 2.75) is 191 Å². The number of anilines is 1. The fourth-order valence-electron chi connectivity index (χ4n) is 11.6. The molecule has 0 radical (unpaired) electrons. The molecule has 3 aliphatic rings. The van der Waals surface area contributed by atoms with Gasteiger partial charge in [0.1, 0.15) is 47.1 Å². The van der Waals surface area contributed by atoms with Crippen molar-refractivity contribution in [3.63, 3.8) is 0 Å². The molecule has 5 rings (SSSR count). The Hall–Kier alpha value is -5.37. The molecular formula is C65H90Br2ClN5O16S. The van der Waals surface area contributed by atoms with Crippen molar-refractivity contribution >= 4 is 112 Å². The van der Waals surface area contributed by atoms with E-state index in [-0.39, 0.29) is 84.5 Å². The maximum Gasteiger partial charge on any atom is 0.328 e. The second-order valence-corrected chi connectivity index (χ2v) is 28.6. The van der Waals surface area contributed by atoms with Crippen LogP contribution in [0.2, 0.25) is 5.02 Å². The molecule has 0 spiro atoms. The molecule has 2 aromatic rings. The summed E-state index contributed by atoms with van der Waals surface area (Å²) in [6.45, 7) is 12.2. The van der Waals surface area contributed by atoms with Crippen molar-refractivity contribution in [3.05, 3.63) is 81.4 Å². The van der Waals surface area contributed by atoms with Crippen molar-refractivity contribution in [2.24, 2.45) is 29.4 Å². The van der Waals surface area contributed by atoms with E-state index < -0.39 is 124 Å². The van der Waals surface area contributed by atoms with E-state index in [2.05, 4.69) is 42.5 Å². The van der Waals surface area contributed by atoms with Crippen LogP contribution in [0.4, 0.5) is 10.5 Å². The number of ether oxygens (including phenoxy) is 4. The van der Waals surface area contributed by atoms with Gasteiger partial charge in [0.2, 0.25) is 11.8 Å². The lowest BCUT2D eigenvalue weighted by atomic mass is 9.78. The smallest absolute Gasteiger partial charge is 0.328 e. The SMILES string of the molecule is CO[C@@H]1/C=C/C=C(\C)Cc2cc(C)c(Cl)c(c2)N(C)C(=O)C[C@H](OC(=O)[C@H](C)N(C)C(=O)c2ccc(CC(=O)[C@H](CCCNC(N)=O)NC(=O)[C@@H](CC(=O)CCCCCCC(=O)C(CBr)CBr)C(C)C)c(S(C)(=O)=O)c2)[C@]2(C)O[C@H]2[C@H](C)[C@@H]2C[C@@]1(O)CC(=O)O2. The Morgan fingerprint density at radius 3 is 2.27 bits per heavy atom. The molecule has 2 aromatic carbocycles. The number of primary amides is 1. The van der Waals surface area contributed by atoms with Gasteiger partial charge in [0, 0.05) is 100 Å². The fraction of sp³-hybridized carbons (Fsp3) is 0.615. The zero-order valence-electron chi connectivity index (χ0n) is 53.5. The average Bonchev–Trinajstić information content (AvgIpc) is 1.57. The van der Waals surface area contributed by atoms with E-state index in [0.29, 0.717) is 52.6 Å². The number of nitrogens with one attached hydrogen (secondary N) is 2. The Balaban J connectivity index is 1.36. The van der Waals surface area contributed by atoms with E-state index in [0.717, 1.165) is 41.2 Å². The van der Waals surface area contributed by atoms with Crippen LogP contribution in [-0.2, 0) is 75.2 Å². The van der Waals surface area contributed by atoms with Crippen LogP contribution in [-0.4, -0.2) is 164 Å². The van der Waals surface area contributed by atoms with Gasteiger partial charge in [0.15, 0.2) is 15.6 Å². The summed E-state index contributed by atoms with van der Waals surface area (Å²) in [5, 5.41) is 18.8. The molecule has 498 valence electrons. The first-order chi connectivity index (χ1) is 42.2. The number of Topliss-reactive ketones (excluding diaryl/α,β-unsaturated/α-hetero) is 3. The van der Waals surface area contributed by atoms with Gasteiger partial charge in [-0.05, 0) is 101 Å². The zero-order valence-corrected chi connectivity index (χ0v) is 58.2. The standard InChI is InChI=1S/C65H90Br2ClN5O16S/c1-37(2)47(31-46(74)19-14-12-13-15-21-50(75)45(35-66)36-67)60(79)71-48(20-17-25-70-63(69)82)51(76)29-43-23-24-44(30-53(43)90(11,84)85)61(80)72(8)41(6)62(81)88-55-32-56(77)73(9)49-28-42(27-39(4)58(49)68)26-38(3)18-16-22-54(86-10)65(83)33-52(87-57(78)34-65)40(5)59-64(55,7)89-59/h16,18,22-24,27-28,30,37,40-41,45,47-48,52,54-55,59,83H,12-15,17,19-21,25-26,29,31-36H2,1-11H3,(H,71,79)(H3,69,70,82)/b22-16+,38-18+/t40-,41+,47+,48+,52+,54-,55+,59+,64+,65-/m1/s1. The van der Waals surface area contributed by atoms with E-state index in [1.54, 1.807) is 53.0 Å². The number of amides is 5. The van der Waals surface area contributed by atoms with E-state index in [4.69, 9.17) is 36.3 Å². The molecule has 3 heterocycles. The first-order valence-electron chi connectivity index (χ1n) is 30.5. The Morgan fingerprint density at radius 2 is 1.64 bits per heavy atom. The summed E-state index contributed by atoms with van der Waals surface area (Å²) < 4.78 is 51.3. The van der Waals surface area contributed by atoms with Crippen molar-refractivity contribution in [2.75, 3.05) is 49.6 Å². The molecule has 0 unspecified atom stereocenters. The normalized spacial score (nSPS) is 24.1. The van der Waals surface area contributed by atoms with Gasteiger partial charge in [-0.2, -0.15) is 0 Å².